The molecule has 0 fully saturated rings. The number of nitrogens with zero attached hydrogens (tertiary/aromatic N) is 1. The van der Waals surface area contributed by atoms with Crippen molar-refractivity contribution >= 4 is 5.91 Å². The first-order valence-corrected chi connectivity index (χ1v) is 7.22. The summed E-state index contributed by atoms with van der Waals surface area (Å²) in [6.07, 6.45) is 0. The van der Waals surface area contributed by atoms with Crippen molar-refractivity contribution in [1.29, 1.82) is 0 Å². The van der Waals surface area contributed by atoms with Gasteiger partial charge in [-0.2, -0.15) is 0 Å². The molecule has 0 spiro atoms. The van der Waals surface area contributed by atoms with Crippen molar-refractivity contribution in [2.45, 2.75) is 13.8 Å². The van der Waals surface area contributed by atoms with Gasteiger partial charge in [-0.1, -0.05) is 18.2 Å². The highest BCUT2D eigenvalue weighted by Gasteiger charge is 2.15. The van der Waals surface area contributed by atoms with E-state index in [2.05, 4.69) is 0 Å². The average molecular weight is 299 g/mol. The number of carbonyl (C=O) groups excluding carboxylic acids is 1. The summed E-state index contributed by atoms with van der Waals surface area (Å²) in [6.45, 7) is 4.72. The van der Waals surface area contributed by atoms with E-state index in [-0.39, 0.29) is 11.7 Å². The Hall–Kier alpha value is -2.49. The zero-order valence-corrected chi connectivity index (χ0v) is 13.2. The number of aromatic hydroxyl groups is 1. The molecule has 1 amide bonds. The van der Waals surface area contributed by atoms with Gasteiger partial charge < -0.3 is 14.7 Å². The zero-order valence-electron chi connectivity index (χ0n) is 13.2. The third-order valence-corrected chi connectivity index (χ3v) is 3.42. The van der Waals surface area contributed by atoms with Crippen molar-refractivity contribution in [3.63, 3.8) is 0 Å². The van der Waals surface area contributed by atoms with E-state index in [1.807, 2.05) is 44.2 Å². The summed E-state index contributed by atoms with van der Waals surface area (Å²) < 4.78 is 5.64. The Bertz CT molecular complexity index is 667. The molecule has 0 atom stereocenters. The van der Waals surface area contributed by atoms with Crippen molar-refractivity contribution in [2.24, 2.45) is 0 Å². The maximum atomic E-state index is 12.3. The van der Waals surface area contributed by atoms with Crippen LogP contribution in [-0.4, -0.2) is 36.1 Å². The number of phenols is 1. The molecule has 116 valence electrons. The van der Waals surface area contributed by atoms with Crippen LogP contribution in [0.5, 0.6) is 11.5 Å². The Labute approximate surface area is 131 Å². The summed E-state index contributed by atoms with van der Waals surface area (Å²) in [6, 6.07) is 12.8. The lowest BCUT2D eigenvalue weighted by Crippen LogP contribution is -2.30. The molecule has 4 heteroatoms. The summed E-state index contributed by atoms with van der Waals surface area (Å²) in [5.74, 6) is 0.584. The van der Waals surface area contributed by atoms with Gasteiger partial charge in [0.25, 0.3) is 5.91 Å². The van der Waals surface area contributed by atoms with E-state index in [0.29, 0.717) is 18.7 Å². The number of hydrogen-bond acceptors (Lipinski definition) is 3. The number of ether oxygens (including phenoxy) is 1. The minimum absolute atomic E-state index is 0.0106. The van der Waals surface area contributed by atoms with Crippen LogP contribution in [0.4, 0.5) is 0 Å². The van der Waals surface area contributed by atoms with Crippen LogP contribution in [-0.2, 0) is 0 Å². The third kappa shape index (κ3) is 4.01. The highest BCUT2D eigenvalue weighted by Crippen LogP contribution is 2.20. The van der Waals surface area contributed by atoms with Gasteiger partial charge in [-0.25, -0.2) is 0 Å². The monoisotopic (exact) mass is 299 g/mol. The van der Waals surface area contributed by atoms with E-state index in [1.165, 1.54) is 0 Å². The Balaban J connectivity index is 1.91. The molecule has 0 heterocycles. The normalized spacial score (nSPS) is 10.3. The highest BCUT2D eigenvalue weighted by molar-refractivity contribution is 5.96. The number of hydrogen-bond donors (Lipinski definition) is 1. The molecular formula is C18H21NO3. The molecule has 0 radical (unpaired) electrons. The lowest BCUT2D eigenvalue weighted by molar-refractivity contribution is 0.0770. The molecule has 2 aromatic rings. The summed E-state index contributed by atoms with van der Waals surface area (Å²) in [5.41, 5.74) is 2.36. The van der Waals surface area contributed by atoms with Crippen LogP contribution < -0.4 is 4.74 Å². The lowest BCUT2D eigenvalue weighted by atomic mass is 10.1. The van der Waals surface area contributed by atoms with Crippen molar-refractivity contribution < 1.29 is 14.6 Å². The van der Waals surface area contributed by atoms with E-state index in [0.717, 1.165) is 16.9 Å². The van der Waals surface area contributed by atoms with Crippen molar-refractivity contribution in [2.75, 3.05) is 20.2 Å². The molecule has 0 aromatic heterocycles. The second kappa shape index (κ2) is 6.98. The van der Waals surface area contributed by atoms with Crippen LogP contribution in [0.3, 0.4) is 0 Å². The topological polar surface area (TPSA) is 49.8 Å². The first-order valence-electron chi connectivity index (χ1n) is 7.22. The standard InChI is InChI=1S/C18H21NO3/c1-13-5-4-6-15(11-13)22-10-9-19(3)18(21)16-8-7-14(2)12-17(16)20/h4-8,11-12,20H,9-10H2,1-3H3. The van der Waals surface area contributed by atoms with Crippen LogP contribution in [0.1, 0.15) is 21.5 Å². The largest absolute Gasteiger partial charge is 0.507 e. The highest BCUT2D eigenvalue weighted by atomic mass is 16.5. The fourth-order valence-corrected chi connectivity index (χ4v) is 2.14. The molecule has 2 rings (SSSR count). The van der Waals surface area contributed by atoms with E-state index < -0.39 is 0 Å². The number of carbonyl (C=O) groups is 1. The molecule has 1 N–H and O–H groups in total. The number of aryl methyl sites for hydroxylation is 2. The Morgan fingerprint density at radius 1 is 1.14 bits per heavy atom. The molecule has 0 aliphatic carbocycles. The summed E-state index contributed by atoms with van der Waals surface area (Å²) in [5, 5.41) is 9.87. The predicted molar refractivity (Wildman–Crippen MR) is 86.5 cm³/mol. The molecule has 0 bridgehead atoms. The molecule has 0 aliphatic rings. The van der Waals surface area contributed by atoms with Crippen LogP contribution >= 0.6 is 0 Å². The molecule has 0 unspecified atom stereocenters. The maximum Gasteiger partial charge on any atom is 0.257 e. The van der Waals surface area contributed by atoms with Gasteiger partial charge in [0.05, 0.1) is 12.1 Å². The number of likely N-dealkylation sites (N-methyl/N-ethyl adjacent to an activating group) is 1. The fourth-order valence-electron chi connectivity index (χ4n) is 2.14. The molecule has 2 aromatic carbocycles. The summed E-state index contributed by atoms with van der Waals surface area (Å²) in [4.78, 5) is 13.8. The van der Waals surface area contributed by atoms with Gasteiger partial charge >= 0.3 is 0 Å². The second-order valence-corrected chi connectivity index (χ2v) is 5.41. The second-order valence-electron chi connectivity index (χ2n) is 5.41. The zero-order chi connectivity index (χ0) is 16.1. The first kappa shape index (κ1) is 15.9. The van der Waals surface area contributed by atoms with E-state index >= 15 is 0 Å². The minimum Gasteiger partial charge on any atom is -0.507 e. The van der Waals surface area contributed by atoms with Gasteiger partial charge in [0.1, 0.15) is 18.1 Å². The number of phenolic OH excluding ortho intramolecular Hbond substituents is 1. The van der Waals surface area contributed by atoms with Crippen LogP contribution in [0.25, 0.3) is 0 Å². The first-order chi connectivity index (χ1) is 10.5. The molecular weight excluding hydrogens is 278 g/mol. The summed E-state index contributed by atoms with van der Waals surface area (Å²) in [7, 11) is 1.70. The summed E-state index contributed by atoms with van der Waals surface area (Å²) >= 11 is 0. The molecule has 4 nitrogen and oxygen atoms in total. The van der Waals surface area contributed by atoms with Crippen molar-refractivity contribution in [1.82, 2.24) is 4.90 Å². The number of rotatable bonds is 5. The minimum atomic E-state index is -0.217. The van der Waals surface area contributed by atoms with Gasteiger partial charge in [-0.05, 0) is 49.2 Å². The molecule has 0 saturated carbocycles. The van der Waals surface area contributed by atoms with Gasteiger partial charge in [0.2, 0.25) is 0 Å². The van der Waals surface area contributed by atoms with Crippen LogP contribution in [0, 0.1) is 13.8 Å². The van der Waals surface area contributed by atoms with Crippen molar-refractivity contribution in [3.8, 4) is 11.5 Å². The van der Waals surface area contributed by atoms with Crippen LogP contribution in [0.15, 0.2) is 42.5 Å². The SMILES string of the molecule is Cc1cccc(OCCN(C)C(=O)c2ccc(C)cc2O)c1. The number of amides is 1. The molecule has 0 aliphatic heterocycles. The van der Waals surface area contributed by atoms with Gasteiger partial charge in [0, 0.05) is 7.05 Å². The Morgan fingerprint density at radius 3 is 2.55 bits per heavy atom. The average Bonchev–Trinajstić information content (AvgIpc) is 2.46. The lowest BCUT2D eigenvalue weighted by Gasteiger charge is -2.18. The Kier molecular flexibility index (Phi) is 5.04. The molecule has 0 saturated heterocycles. The quantitative estimate of drug-likeness (QED) is 0.922. The third-order valence-electron chi connectivity index (χ3n) is 3.42. The van der Waals surface area contributed by atoms with Crippen molar-refractivity contribution in [3.05, 3.63) is 59.2 Å². The fraction of sp³-hybridized carbons (Fsp3) is 0.278. The van der Waals surface area contributed by atoms with Crippen LogP contribution in [0.2, 0.25) is 0 Å². The van der Waals surface area contributed by atoms with Gasteiger partial charge in [-0.3, -0.25) is 4.79 Å². The molecule has 22 heavy (non-hydrogen) atoms. The van der Waals surface area contributed by atoms with Gasteiger partial charge in [0.15, 0.2) is 0 Å². The predicted octanol–water partition coefficient (Wildman–Crippen LogP) is 3.16. The van der Waals surface area contributed by atoms with Gasteiger partial charge in [-0.15, -0.1) is 0 Å². The number of benzene rings is 2. The van der Waals surface area contributed by atoms with E-state index in [4.69, 9.17) is 4.74 Å². The maximum absolute atomic E-state index is 12.3. The smallest absolute Gasteiger partial charge is 0.257 e. The van der Waals surface area contributed by atoms with E-state index in [9.17, 15) is 9.90 Å². The van der Waals surface area contributed by atoms with E-state index in [1.54, 1.807) is 24.1 Å². The Morgan fingerprint density at radius 2 is 1.86 bits per heavy atom.